The van der Waals surface area contributed by atoms with E-state index < -0.39 is 29.1 Å². The zero-order valence-corrected chi connectivity index (χ0v) is 13.8. The predicted octanol–water partition coefficient (Wildman–Crippen LogP) is 3.68. The van der Waals surface area contributed by atoms with Gasteiger partial charge < -0.3 is 5.32 Å². The molecule has 1 N–H and O–H groups in total. The lowest BCUT2D eigenvalue weighted by Crippen LogP contribution is -2.17. The van der Waals surface area contributed by atoms with Crippen molar-refractivity contribution in [3.8, 4) is 0 Å². The normalized spacial score (nSPS) is 10.3. The number of rotatable bonds is 5. The largest absolute Gasteiger partial charge is 0.322 e. The predicted molar refractivity (Wildman–Crippen MR) is 93.7 cm³/mol. The van der Waals surface area contributed by atoms with Crippen LogP contribution >= 0.6 is 0 Å². The van der Waals surface area contributed by atoms with Crippen LogP contribution in [0.3, 0.4) is 0 Å². The highest BCUT2D eigenvalue weighted by Crippen LogP contribution is 2.15. The van der Waals surface area contributed by atoms with Gasteiger partial charge in [-0.1, -0.05) is 18.2 Å². The lowest BCUT2D eigenvalue weighted by Gasteiger charge is -2.07. The van der Waals surface area contributed by atoms with Crippen LogP contribution in [0.2, 0.25) is 0 Å². The molecule has 0 saturated heterocycles. The van der Waals surface area contributed by atoms with Crippen LogP contribution in [-0.2, 0) is 0 Å². The van der Waals surface area contributed by atoms with E-state index >= 15 is 0 Å². The molecule has 3 aromatic rings. The van der Waals surface area contributed by atoms with Gasteiger partial charge in [-0.25, -0.2) is 8.78 Å². The summed E-state index contributed by atoms with van der Waals surface area (Å²) in [7, 11) is 0. The number of hydrogen-bond donors (Lipinski definition) is 1. The molecule has 0 saturated carbocycles. The van der Waals surface area contributed by atoms with E-state index in [0.29, 0.717) is 0 Å². The molecule has 1 heterocycles. The van der Waals surface area contributed by atoms with Gasteiger partial charge in [-0.05, 0) is 42.5 Å². The molecule has 0 fully saturated rings. The fraction of sp³-hybridized carbons (Fsp3) is 0. The first-order valence-corrected chi connectivity index (χ1v) is 7.82. The summed E-state index contributed by atoms with van der Waals surface area (Å²) in [6.07, 6.45) is 1.40. The summed E-state index contributed by atoms with van der Waals surface area (Å²) < 4.78 is 26.2. The Balaban J connectivity index is 1.79. The fourth-order valence-corrected chi connectivity index (χ4v) is 2.32. The molecule has 27 heavy (non-hydrogen) atoms. The highest BCUT2D eigenvalue weighted by atomic mass is 19.2. The third-order valence-electron chi connectivity index (χ3n) is 3.67. The van der Waals surface area contributed by atoms with Gasteiger partial charge in [0.2, 0.25) is 5.78 Å². The Labute approximate surface area is 152 Å². The maximum Gasteiger partial charge on any atom is 0.255 e. The van der Waals surface area contributed by atoms with E-state index in [1.165, 1.54) is 36.5 Å². The molecule has 0 bridgehead atoms. The number of carbonyl (C=O) groups is 3. The van der Waals surface area contributed by atoms with Gasteiger partial charge in [-0.3, -0.25) is 19.4 Å². The number of ketones is 2. The average molecular weight is 366 g/mol. The first-order chi connectivity index (χ1) is 13.0. The average Bonchev–Trinajstić information content (AvgIpc) is 2.69. The van der Waals surface area contributed by atoms with Crippen molar-refractivity contribution in [2.45, 2.75) is 0 Å². The number of nitrogens with zero attached hydrogens (tertiary/aromatic N) is 1. The molecule has 0 atom stereocenters. The number of hydrogen-bond acceptors (Lipinski definition) is 4. The SMILES string of the molecule is O=C(Nc1cccc(C(=O)C(=O)c2ccccn2)c1)c1ccc(F)c(F)c1. The van der Waals surface area contributed by atoms with Gasteiger partial charge in [0.1, 0.15) is 5.69 Å². The minimum absolute atomic E-state index is 0.0127. The molecule has 2 aromatic carbocycles. The molecule has 1 aromatic heterocycles. The van der Waals surface area contributed by atoms with Crippen molar-refractivity contribution in [3.05, 3.63) is 95.3 Å². The molecular weight excluding hydrogens is 354 g/mol. The van der Waals surface area contributed by atoms with Crippen LogP contribution in [0.5, 0.6) is 0 Å². The number of nitrogens with one attached hydrogen (secondary N) is 1. The molecule has 0 unspecified atom stereocenters. The summed E-state index contributed by atoms with van der Waals surface area (Å²) in [5.41, 5.74) is 0.215. The summed E-state index contributed by atoms with van der Waals surface area (Å²) in [5, 5.41) is 2.47. The van der Waals surface area contributed by atoms with Crippen LogP contribution < -0.4 is 5.32 Å². The van der Waals surface area contributed by atoms with E-state index in [2.05, 4.69) is 10.3 Å². The molecule has 5 nitrogen and oxygen atoms in total. The van der Waals surface area contributed by atoms with Gasteiger partial charge >= 0.3 is 0 Å². The summed E-state index contributed by atoms with van der Waals surface area (Å²) in [6.45, 7) is 0. The quantitative estimate of drug-likeness (QED) is 0.552. The Morgan fingerprint density at radius 1 is 0.778 bits per heavy atom. The lowest BCUT2D eigenvalue weighted by atomic mass is 10.0. The molecule has 0 radical (unpaired) electrons. The molecule has 0 aliphatic carbocycles. The number of carbonyl (C=O) groups excluding carboxylic acids is 3. The second-order valence-corrected chi connectivity index (χ2v) is 5.54. The van der Waals surface area contributed by atoms with Crippen molar-refractivity contribution in [2.75, 3.05) is 5.32 Å². The van der Waals surface area contributed by atoms with Crippen molar-refractivity contribution in [1.82, 2.24) is 4.98 Å². The zero-order valence-electron chi connectivity index (χ0n) is 13.8. The summed E-state index contributed by atoms with van der Waals surface area (Å²) in [5.74, 6) is -4.45. The Morgan fingerprint density at radius 2 is 1.59 bits per heavy atom. The van der Waals surface area contributed by atoms with E-state index in [9.17, 15) is 23.2 Å². The molecule has 0 aliphatic heterocycles. The summed E-state index contributed by atoms with van der Waals surface area (Å²) in [4.78, 5) is 40.5. The zero-order chi connectivity index (χ0) is 19.4. The van der Waals surface area contributed by atoms with Gasteiger partial charge in [0.15, 0.2) is 11.6 Å². The maximum atomic E-state index is 13.3. The minimum atomic E-state index is -1.15. The van der Waals surface area contributed by atoms with Gasteiger partial charge in [0, 0.05) is 23.0 Å². The van der Waals surface area contributed by atoms with E-state index in [1.54, 1.807) is 12.1 Å². The Hall–Kier alpha value is -3.74. The van der Waals surface area contributed by atoms with E-state index in [4.69, 9.17) is 0 Å². The second kappa shape index (κ2) is 7.65. The monoisotopic (exact) mass is 366 g/mol. The highest BCUT2D eigenvalue weighted by molar-refractivity contribution is 6.48. The van der Waals surface area contributed by atoms with Crippen molar-refractivity contribution in [1.29, 1.82) is 0 Å². The number of amides is 1. The van der Waals surface area contributed by atoms with E-state index in [-0.39, 0.29) is 22.5 Å². The van der Waals surface area contributed by atoms with Crippen LogP contribution in [0.4, 0.5) is 14.5 Å². The molecule has 0 aliphatic rings. The van der Waals surface area contributed by atoms with Gasteiger partial charge in [0.05, 0.1) is 0 Å². The molecule has 7 heteroatoms. The molecule has 0 spiro atoms. The minimum Gasteiger partial charge on any atom is -0.322 e. The molecular formula is C20H12F2N2O3. The number of aromatic nitrogens is 1. The van der Waals surface area contributed by atoms with E-state index in [0.717, 1.165) is 18.2 Å². The van der Waals surface area contributed by atoms with Crippen LogP contribution in [0.15, 0.2) is 66.9 Å². The number of halogens is 2. The van der Waals surface area contributed by atoms with Gasteiger partial charge in [0.25, 0.3) is 11.7 Å². The third kappa shape index (κ3) is 4.09. The van der Waals surface area contributed by atoms with Crippen molar-refractivity contribution in [2.24, 2.45) is 0 Å². The molecule has 1 amide bonds. The first kappa shape index (κ1) is 18.1. The van der Waals surface area contributed by atoms with Crippen molar-refractivity contribution >= 4 is 23.2 Å². The fourth-order valence-electron chi connectivity index (χ4n) is 2.32. The topological polar surface area (TPSA) is 76.1 Å². The highest BCUT2D eigenvalue weighted by Gasteiger charge is 2.20. The number of anilines is 1. The first-order valence-electron chi connectivity index (χ1n) is 7.82. The lowest BCUT2D eigenvalue weighted by molar-refractivity contribution is 0.0814. The van der Waals surface area contributed by atoms with Crippen LogP contribution in [-0.4, -0.2) is 22.5 Å². The second-order valence-electron chi connectivity index (χ2n) is 5.54. The molecule has 3 rings (SSSR count). The van der Waals surface area contributed by atoms with Crippen molar-refractivity contribution < 1.29 is 23.2 Å². The van der Waals surface area contributed by atoms with Gasteiger partial charge in [-0.2, -0.15) is 0 Å². The number of pyridine rings is 1. The number of benzene rings is 2. The smallest absolute Gasteiger partial charge is 0.255 e. The summed E-state index contributed by atoms with van der Waals surface area (Å²) >= 11 is 0. The Kier molecular flexibility index (Phi) is 5.12. The Morgan fingerprint density at radius 3 is 2.30 bits per heavy atom. The maximum absolute atomic E-state index is 13.3. The van der Waals surface area contributed by atoms with Crippen LogP contribution in [0.1, 0.15) is 31.2 Å². The third-order valence-corrected chi connectivity index (χ3v) is 3.67. The van der Waals surface area contributed by atoms with E-state index in [1.807, 2.05) is 0 Å². The molecule has 134 valence electrons. The van der Waals surface area contributed by atoms with Crippen LogP contribution in [0, 0.1) is 11.6 Å². The van der Waals surface area contributed by atoms with Crippen molar-refractivity contribution in [3.63, 3.8) is 0 Å². The van der Waals surface area contributed by atoms with Gasteiger partial charge in [-0.15, -0.1) is 0 Å². The van der Waals surface area contributed by atoms with Crippen LogP contribution in [0.25, 0.3) is 0 Å². The summed E-state index contributed by atoms with van der Waals surface area (Å²) in [6, 6.07) is 13.1. The number of Topliss-reactive ketones (excluding diaryl/α,β-unsaturated/α-hetero) is 2. The standard InChI is InChI=1S/C20H12F2N2O3/c21-15-8-7-13(11-16(15)22)20(27)24-14-5-3-4-12(10-14)18(25)19(26)17-6-1-2-9-23-17/h1-11H,(H,24,27). The Bertz CT molecular complexity index is 1040.